The van der Waals surface area contributed by atoms with Crippen LogP contribution in [0.5, 0.6) is 11.5 Å². The molecule has 2 aliphatic heterocycles. The van der Waals surface area contributed by atoms with Crippen molar-refractivity contribution in [2.24, 2.45) is 17.0 Å². The van der Waals surface area contributed by atoms with Gasteiger partial charge in [-0.3, -0.25) is 47.4 Å². The van der Waals surface area contributed by atoms with Gasteiger partial charge in [-0.2, -0.15) is 10.2 Å². The van der Waals surface area contributed by atoms with Gasteiger partial charge in [0.25, 0.3) is 11.5 Å². The lowest BCUT2D eigenvalue weighted by Gasteiger charge is -2.40. The first kappa shape index (κ1) is 58.2. The van der Waals surface area contributed by atoms with Crippen molar-refractivity contribution < 1.29 is 55.8 Å². The average molecular weight is 1170 g/mol. The summed E-state index contributed by atoms with van der Waals surface area (Å²) in [6.07, 6.45) is -7.15. The highest BCUT2D eigenvalue weighted by molar-refractivity contribution is 7.48. The highest BCUT2D eigenvalue weighted by Gasteiger charge is 2.54. The van der Waals surface area contributed by atoms with Gasteiger partial charge in [0, 0.05) is 22.3 Å². The molecular weight excluding hydrogens is 1110 g/mol. The number of hydrogen-bond donors (Lipinski definition) is 3. The maximum Gasteiger partial charge on any atom is 0.475 e. The van der Waals surface area contributed by atoms with Gasteiger partial charge in [-0.15, -0.1) is 0 Å². The standard InChI is InChI=1S/C56H56FN14O12P/c1-32(2)50(72)67-55-66-49-44(52(74)68-55)63-31-71(49)54-46(42(57)40(80-54)27-64-69-59)83-84(75,78-26-12-25-58)79-28-41-45(33(3)53(81-41)70-30-62-43-47(60-29-61-48(43)70)65-51(73)34-13-8-6-9-14-34)82-56(35-15-10-7-11-16-35,36-17-21-38(76-4)22-18-36)37-19-23-39(77-5)24-20-37/h6-11,13-24,29-33,40-42,45-46,53-54H,12,26-28H2,1-5H3,(H,60,61,65,73)(H2,66,67,68,72,74). The molecule has 2 aliphatic rings. The number of carbonyl (C=O) groups is 2. The molecule has 434 valence electrons. The Labute approximate surface area is 478 Å². The van der Waals surface area contributed by atoms with Crippen LogP contribution in [0.25, 0.3) is 32.8 Å². The number of hydrogen-bond acceptors (Lipinski definition) is 19. The number of anilines is 2. The summed E-state index contributed by atoms with van der Waals surface area (Å²) in [5.41, 5.74) is 9.41. The quantitative estimate of drug-likeness (QED) is 0.0134. The van der Waals surface area contributed by atoms with Crippen LogP contribution in [0, 0.1) is 23.2 Å². The number of azide groups is 1. The summed E-state index contributed by atoms with van der Waals surface area (Å²) in [6, 6.07) is 34.6. The molecule has 4 aromatic heterocycles. The third-order valence-corrected chi connectivity index (χ3v) is 15.7. The van der Waals surface area contributed by atoms with Gasteiger partial charge in [0.15, 0.2) is 40.5 Å². The number of rotatable bonds is 23. The van der Waals surface area contributed by atoms with Crippen molar-refractivity contribution in [1.29, 1.82) is 5.26 Å². The van der Waals surface area contributed by atoms with E-state index in [2.05, 4.69) is 50.6 Å². The molecule has 9 unspecified atom stereocenters. The lowest BCUT2D eigenvalue weighted by molar-refractivity contribution is -0.118. The number of aromatic nitrogens is 8. The number of phosphoric acid groups is 1. The monoisotopic (exact) mass is 1170 g/mol. The largest absolute Gasteiger partial charge is 0.497 e. The van der Waals surface area contributed by atoms with Crippen molar-refractivity contribution in [2.75, 3.05) is 44.6 Å². The molecule has 6 heterocycles. The smallest absolute Gasteiger partial charge is 0.475 e. The average Bonchev–Trinajstić information content (AvgIpc) is 2.14. The zero-order valence-corrected chi connectivity index (χ0v) is 46.7. The lowest BCUT2D eigenvalue weighted by atomic mass is 9.79. The molecule has 28 heteroatoms. The first-order valence-electron chi connectivity index (χ1n) is 26.4. The van der Waals surface area contributed by atoms with Crippen molar-refractivity contribution in [3.8, 4) is 17.6 Å². The molecule has 9 atom stereocenters. The van der Waals surface area contributed by atoms with Gasteiger partial charge in [0.2, 0.25) is 11.9 Å². The Hall–Kier alpha value is -8.96. The molecule has 26 nitrogen and oxygen atoms in total. The van der Waals surface area contributed by atoms with E-state index in [0.717, 1.165) is 10.9 Å². The molecule has 4 aromatic carbocycles. The topological polar surface area (TPSA) is 329 Å². The van der Waals surface area contributed by atoms with Crippen molar-refractivity contribution in [3.05, 3.63) is 171 Å². The summed E-state index contributed by atoms with van der Waals surface area (Å²) in [6.45, 7) is 3.36. The SMILES string of the molecule is COc1ccc(C(OC2C(COP(=O)(OCCC#N)OC3C(F)C(CN=[N+]=[N-])OC3n3cnc4c(=O)[nH]c(NC(=O)C(C)C)nc43)OC(n3cnc4c(NC(=O)c5ccccc5)ncnc43)C2C)(c2ccccc2)c2ccc(OC)cc2)cc1. The summed E-state index contributed by atoms with van der Waals surface area (Å²) in [5, 5.41) is 18.5. The molecule has 2 saturated heterocycles. The molecule has 2 fully saturated rings. The van der Waals surface area contributed by atoms with Gasteiger partial charge >= 0.3 is 7.82 Å². The second-order valence-corrected chi connectivity index (χ2v) is 21.4. The number of amides is 2. The van der Waals surface area contributed by atoms with Gasteiger partial charge in [-0.25, -0.2) is 28.9 Å². The first-order valence-corrected chi connectivity index (χ1v) is 27.9. The number of ether oxygens (including phenoxy) is 5. The maximum absolute atomic E-state index is 17.1. The molecule has 0 saturated carbocycles. The first-order chi connectivity index (χ1) is 40.7. The van der Waals surface area contributed by atoms with Gasteiger partial charge in [0.1, 0.15) is 41.9 Å². The Balaban J connectivity index is 1.06. The van der Waals surface area contributed by atoms with E-state index < -0.39 is 105 Å². The Morgan fingerprint density at radius 3 is 2.08 bits per heavy atom. The van der Waals surface area contributed by atoms with Crippen molar-refractivity contribution in [2.45, 2.75) is 75.8 Å². The third-order valence-electron chi connectivity index (χ3n) is 14.2. The fraction of sp³-hybridized carbons (Fsp3) is 0.339. The summed E-state index contributed by atoms with van der Waals surface area (Å²) in [5.74, 6) is -1.13. The normalized spacial score (nSPS) is 21.2. The number of nitriles is 1. The Morgan fingerprint density at radius 2 is 1.45 bits per heavy atom. The van der Waals surface area contributed by atoms with Gasteiger partial charge in [0.05, 0.1) is 71.3 Å². The highest BCUT2D eigenvalue weighted by Crippen LogP contribution is 2.56. The van der Waals surface area contributed by atoms with Gasteiger partial charge in [-0.1, -0.05) is 98.7 Å². The summed E-state index contributed by atoms with van der Waals surface area (Å²) in [7, 11) is -2.03. The molecule has 0 radical (unpaired) electrons. The number of benzene rings is 4. The van der Waals surface area contributed by atoms with Gasteiger partial charge in [-0.05, 0) is 58.6 Å². The van der Waals surface area contributed by atoms with E-state index in [4.69, 9.17) is 37.3 Å². The summed E-state index contributed by atoms with van der Waals surface area (Å²) in [4.78, 5) is 66.8. The van der Waals surface area contributed by atoms with Crippen LogP contribution >= 0.6 is 7.82 Å². The number of imidazole rings is 2. The highest BCUT2D eigenvalue weighted by atomic mass is 31.2. The maximum atomic E-state index is 17.1. The number of methoxy groups -OCH3 is 2. The Bertz CT molecular complexity index is 3800. The number of nitrogens with zero attached hydrogens (tertiary/aromatic N) is 11. The van der Waals surface area contributed by atoms with Crippen LogP contribution in [0.2, 0.25) is 0 Å². The summed E-state index contributed by atoms with van der Waals surface area (Å²) >= 11 is 0. The minimum absolute atomic E-state index is 0.118. The number of halogens is 1. The molecule has 10 rings (SSSR count). The zero-order chi connectivity index (χ0) is 59.1. The van der Waals surface area contributed by atoms with E-state index in [1.807, 2.05) is 67.6 Å². The molecule has 0 bridgehead atoms. The zero-order valence-electron chi connectivity index (χ0n) is 45.8. The minimum Gasteiger partial charge on any atom is -0.497 e. The molecule has 2 amide bonds. The molecular formula is C56H56FN14O12P. The van der Waals surface area contributed by atoms with E-state index in [1.165, 1.54) is 12.7 Å². The molecule has 0 aliphatic carbocycles. The predicted molar refractivity (Wildman–Crippen MR) is 299 cm³/mol. The van der Waals surface area contributed by atoms with Crippen molar-refractivity contribution >= 4 is 53.7 Å². The molecule has 84 heavy (non-hydrogen) atoms. The van der Waals surface area contributed by atoms with Crippen molar-refractivity contribution in [1.82, 2.24) is 39.0 Å². The number of aromatic amines is 1. The van der Waals surface area contributed by atoms with E-state index in [1.54, 1.807) is 87.2 Å². The fourth-order valence-corrected chi connectivity index (χ4v) is 11.4. The number of nitrogens with one attached hydrogen (secondary N) is 3. The van der Waals surface area contributed by atoms with Crippen LogP contribution in [0.3, 0.4) is 0 Å². The Morgan fingerprint density at radius 1 is 0.833 bits per heavy atom. The third kappa shape index (κ3) is 11.8. The van der Waals surface area contributed by atoms with Crippen LogP contribution in [0.15, 0.2) is 138 Å². The molecule has 8 aromatic rings. The predicted octanol–water partition coefficient (Wildman–Crippen LogP) is 8.72. The van der Waals surface area contributed by atoms with E-state index in [-0.39, 0.29) is 40.5 Å². The Kier molecular flexibility index (Phi) is 17.5. The van der Waals surface area contributed by atoms with Crippen LogP contribution in [-0.4, -0.2) is 115 Å². The lowest BCUT2D eigenvalue weighted by Crippen LogP contribution is -2.43. The van der Waals surface area contributed by atoms with E-state index in [9.17, 15) is 25.2 Å². The number of phosphoric ester groups is 1. The van der Waals surface area contributed by atoms with Crippen LogP contribution in [-0.2, 0) is 42.7 Å². The van der Waals surface area contributed by atoms with E-state index >= 15 is 8.96 Å². The van der Waals surface area contributed by atoms with Crippen LogP contribution < -0.4 is 25.7 Å². The molecule has 0 spiro atoms. The number of H-pyrrole nitrogens is 1. The van der Waals surface area contributed by atoms with E-state index in [0.29, 0.717) is 33.8 Å². The second kappa shape index (κ2) is 25.3. The minimum atomic E-state index is -5.14. The number of carbonyl (C=O) groups excluding carboxylic acids is 2. The molecule has 3 N–H and O–H groups in total. The number of fused-ring (bicyclic) bond motifs is 2. The van der Waals surface area contributed by atoms with Crippen LogP contribution in [0.1, 0.15) is 66.7 Å². The second-order valence-electron chi connectivity index (χ2n) is 19.7. The van der Waals surface area contributed by atoms with Crippen LogP contribution in [0.4, 0.5) is 16.2 Å². The van der Waals surface area contributed by atoms with Gasteiger partial charge < -0.3 is 29.0 Å². The summed E-state index contributed by atoms with van der Waals surface area (Å²) < 4.78 is 85.7. The van der Waals surface area contributed by atoms with Crippen molar-refractivity contribution in [3.63, 3.8) is 0 Å². The number of alkyl halides is 1. The fourth-order valence-electron chi connectivity index (χ4n) is 9.99.